The number of methoxy groups -OCH3 is 1. The van der Waals surface area contributed by atoms with E-state index in [2.05, 4.69) is 4.74 Å². The second-order valence-corrected chi connectivity index (χ2v) is 7.15. The zero-order chi connectivity index (χ0) is 14.6. The predicted molar refractivity (Wildman–Crippen MR) is 70.1 cm³/mol. The van der Waals surface area contributed by atoms with Gasteiger partial charge in [0.25, 0.3) is 10.0 Å². The summed E-state index contributed by atoms with van der Waals surface area (Å²) in [6.45, 7) is 2.98. The van der Waals surface area contributed by atoms with Gasteiger partial charge in [-0.15, -0.1) is 11.3 Å². The number of hydrogen-bond donors (Lipinski definition) is 0. The van der Waals surface area contributed by atoms with Crippen LogP contribution in [0.25, 0.3) is 0 Å². The third kappa shape index (κ3) is 3.53. The van der Waals surface area contributed by atoms with Gasteiger partial charge in [-0.05, 0) is 26.0 Å². The Kier molecular flexibility index (Phi) is 5.05. The van der Waals surface area contributed by atoms with Crippen molar-refractivity contribution in [2.45, 2.75) is 24.1 Å². The van der Waals surface area contributed by atoms with Gasteiger partial charge in [-0.3, -0.25) is 4.79 Å². The molecule has 0 aliphatic rings. The van der Waals surface area contributed by atoms with Gasteiger partial charge in [0, 0.05) is 6.04 Å². The Morgan fingerprint density at radius 3 is 2.58 bits per heavy atom. The van der Waals surface area contributed by atoms with Crippen molar-refractivity contribution < 1.29 is 17.9 Å². The molecule has 1 aromatic heterocycles. The molecular weight excluding hydrogens is 288 g/mol. The molecule has 0 aliphatic carbocycles. The number of carbonyl (C=O) groups is 1. The smallest absolute Gasteiger partial charge is 0.321 e. The number of ether oxygens (including phenoxy) is 1. The van der Waals surface area contributed by atoms with Gasteiger partial charge in [-0.2, -0.15) is 9.57 Å². The minimum atomic E-state index is -3.79. The molecule has 1 heterocycles. The Morgan fingerprint density at radius 2 is 2.16 bits per heavy atom. The zero-order valence-corrected chi connectivity index (χ0v) is 12.4. The first-order chi connectivity index (χ1) is 8.82. The van der Waals surface area contributed by atoms with Crippen LogP contribution in [0.1, 0.15) is 18.7 Å². The number of sulfonamides is 1. The van der Waals surface area contributed by atoms with Gasteiger partial charge in [-0.1, -0.05) is 0 Å². The van der Waals surface area contributed by atoms with Crippen LogP contribution in [0.3, 0.4) is 0 Å². The fourth-order valence-corrected chi connectivity index (χ4v) is 4.19. The molecule has 19 heavy (non-hydrogen) atoms. The molecule has 0 unspecified atom stereocenters. The summed E-state index contributed by atoms with van der Waals surface area (Å²) < 4.78 is 30.3. The van der Waals surface area contributed by atoms with Crippen LogP contribution in [-0.2, 0) is 19.6 Å². The molecule has 104 valence electrons. The van der Waals surface area contributed by atoms with Crippen molar-refractivity contribution >= 4 is 27.3 Å². The first-order valence-corrected chi connectivity index (χ1v) is 7.67. The maximum Gasteiger partial charge on any atom is 0.321 e. The molecule has 0 radical (unpaired) electrons. The van der Waals surface area contributed by atoms with Crippen LogP contribution < -0.4 is 0 Å². The lowest BCUT2D eigenvalue weighted by Gasteiger charge is -2.23. The topological polar surface area (TPSA) is 87.5 Å². The van der Waals surface area contributed by atoms with Crippen molar-refractivity contribution in [2.75, 3.05) is 13.7 Å². The predicted octanol–water partition coefficient (Wildman–Crippen LogP) is 1.19. The molecular formula is C11H14N2O4S2. The zero-order valence-electron chi connectivity index (χ0n) is 10.8. The molecule has 0 N–H and O–H groups in total. The molecule has 1 aromatic rings. The van der Waals surface area contributed by atoms with E-state index in [-0.39, 0.29) is 10.8 Å². The second kappa shape index (κ2) is 6.14. The van der Waals surface area contributed by atoms with E-state index in [0.29, 0.717) is 4.88 Å². The molecule has 0 saturated carbocycles. The third-order valence-electron chi connectivity index (χ3n) is 2.34. The highest BCUT2D eigenvalue weighted by molar-refractivity contribution is 7.91. The highest BCUT2D eigenvalue weighted by atomic mass is 32.2. The van der Waals surface area contributed by atoms with Gasteiger partial charge in [0.15, 0.2) is 0 Å². The standard InChI is InChI=1S/C11H14N2O4S2/c1-8(2)13(7-10(14)17-3)19(15,16)11-5-4-9(6-12)18-11/h4-5,8H,7H2,1-3H3. The van der Waals surface area contributed by atoms with Gasteiger partial charge in [0.1, 0.15) is 21.7 Å². The second-order valence-electron chi connectivity index (χ2n) is 3.95. The number of hydrogen-bond acceptors (Lipinski definition) is 6. The van der Waals surface area contributed by atoms with E-state index >= 15 is 0 Å². The van der Waals surface area contributed by atoms with Crippen LogP contribution in [0.2, 0.25) is 0 Å². The van der Waals surface area contributed by atoms with Crippen LogP contribution in [0.15, 0.2) is 16.3 Å². The van der Waals surface area contributed by atoms with E-state index in [4.69, 9.17) is 5.26 Å². The first-order valence-electron chi connectivity index (χ1n) is 5.41. The highest BCUT2D eigenvalue weighted by Crippen LogP contribution is 2.25. The van der Waals surface area contributed by atoms with Crippen molar-refractivity contribution in [1.29, 1.82) is 5.26 Å². The molecule has 8 heteroatoms. The summed E-state index contributed by atoms with van der Waals surface area (Å²) >= 11 is 0.877. The molecule has 0 aromatic carbocycles. The number of esters is 1. The molecule has 0 bridgehead atoms. The van der Waals surface area contributed by atoms with Gasteiger partial charge < -0.3 is 4.74 Å². The molecule has 0 spiro atoms. The van der Waals surface area contributed by atoms with Gasteiger partial charge >= 0.3 is 5.97 Å². The highest BCUT2D eigenvalue weighted by Gasteiger charge is 2.30. The van der Waals surface area contributed by atoms with Crippen molar-refractivity contribution in [3.05, 3.63) is 17.0 Å². The normalized spacial score (nSPS) is 11.6. The molecule has 0 amide bonds. The summed E-state index contributed by atoms with van der Waals surface area (Å²) in [6, 6.07) is 4.30. The lowest BCUT2D eigenvalue weighted by Crippen LogP contribution is -2.40. The number of thiophene rings is 1. The minimum absolute atomic E-state index is 0.0432. The summed E-state index contributed by atoms with van der Waals surface area (Å²) in [4.78, 5) is 11.6. The average molecular weight is 302 g/mol. The summed E-state index contributed by atoms with van der Waals surface area (Å²) in [7, 11) is -2.59. The van der Waals surface area contributed by atoms with Crippen LogP contribution >= 0.6 is 11.3 Å². The summed E-state index contributed by atoms with van der Waals surface area (Å²) in [5.74, 6) is -0.630. The molecule has 0 saturated heterocycles. The van der Waals surface area contributed by atoms with Gasteiger partial charge in [0.2, 0.25) is 0 Å². The lowest BCUT2D eigenvalue weighted by atomic mass is 10.4. The fourth-order valence-electron chi connectivity index (χ4n) is 1.37. The Hall–Kier alpha value is -1.43. The maximum atomic E-state index is 12.4. The quantitative estimate of drug-likeness (QED) is 0.762. The monoisotopic (exact) mass is 302 g/mol. The van der Waals surface area contributed by atoms with E-state index in [1.165, 1.54) is 19.2 Å². The molecule has 0 aliphatic heterocycles. The number of carbonyl (C=O) groups excluding carboxylic acids is 1. The van der Waals surface area contributed by atoms with E-state index in [0.717, 1.165) is 15.6 Å². The summed E-state index contributed by atoms with van der Waals surface area (Å²) in [5, 5.41) is 8.73. The Labute approximate surface area is 116 Å². The van der Waals surface area contributed by atoms with Gasteiger partial charge in [-0.25, -0.2) is 8.42 Å². The largest absolute Gasteiger partial charge is 0.468 e. The minimum Gasteiger partial charge on any atom is -0.468 e. The maximum absolute atomic E-state index is 12.4. The SMILES string of the molecule is COC(=O)CN(C(C)C)S(=O)(=O)c1ccc(C#N)s1. The van der Waals surface area contributed by atoms with Crippen LogP contribution in [-0.4, -0.2) is 38.4 Å². The average Bonchev–Trinajstić information content (AvgIpc) is 2.84. The van der Waals surface area contributed by atoms with Crippen LogP contribution in [0.4, 0.5) is 0 Å². The summed E-state index contributed by atoms with van der Waals surface area (Å²) in [6.07, 6.45) is 0. The Bertz CT molecular complexity index is 598. The fraction of sp³-hybridized carbons (Fsp3) is 0.455. The van der Waals surface area contributed by atoms with E-state index in [9.17, 15) is 13.2 Å². The number of nitriles is 1. The first kappa shape index (κ1) is 15.6. The van der Waals surface area contributed by atoms with E-state index < -0.39 is 22.0 Å². The molecule has 0 fully saturated rings. The van der Waals surface area contributed by atoms with Crippen molar-refractivity contribution in [3.8, 4) is 6.07 Å². The van der Waals surface area contributed by atoms with Crippen molar-refractivity contribution in [2.24, 2.45) is 0 Å². The van der Waals surface area contributed by atoms with Crippen molar-refractivity contribution in [3.63, 3.8) is 0 Å². The Balaban J connectivity index is 3.13. The summed E-state index contributed by atoms with van der Waals surface area (Å²) in [5.41, 5.74) is 0. The van der Waals surface area contributed by atoms with Crippen LogP contribution in [0, 0.1) is 11.3 Å². The van der Waals surface area contributed by atoms with Crippen molar-refractivity contribution in [1.82, 2.24) is 4.31 Å². The van der Waals surface area contributed by atoms with Crippen LogP contribution in [0.5, 0.6) is 0 Å². The molecule has 1 rings (SSSR count). The number of nitrogens with zero attached hydrogens (tertiary/aromatic N) is 2. The Morgan fingerprint density at radius 1 is 1.53 bits per heavy atom. The lowest BCUT2D eigenvalue weighted by molar-refractivity contribution is -0.141. The molecule has 0 atom stereocenters. The van der Waals surface area contributed by atoms with Gasteiger partial charge in [0.05, 0.1) is 7.11 Å². The molecule has 6 nitrogen and oxygen atoms in total. The van der Waals surface area contributed by atoms with E-state index in [1.54, 1.807) is 13.8 Å². The number of rotatable bonds is 5. The third-order valence-corrected chi connectivity index (χ3v) is 5.82. The van der Waals surface area contributed by atoms with E-state index in [1.807, 2.05) is 6.07 Å².